The molecule has 2 aromatic heterocycles. The van der Waals surface area contributed by atoms with E-state index >= 15 is 0 Å². The van der Waals surface area contributed by atoms with Crippen molar-refractivity contribution in [3.05, 3.63) is 100 Å². The van der Waals surface area contributed by atoms with Crippen LogP contribution in [0.25, 0.3) is 32.9 Å². The van der Waals surface area contributed by atoms with E-state index < -0.39 is 14.6 Å². The minimum absolute atomic E-state index is 0.152. The molecule has 6 nitrogen and oxygen atoms in total. The van der Waals surface area contributed by atoms with Crippen molar-refractivity contribution in [2.75, 3.05) is 6.26 Å². The summed E-state index contributed by atoms with van der Waals surface area (Å²) in [5, 5.41) is 2.03. The summed E-state index contributed by atoms with van der Waals surface area (Å²) in [5.74, 6) is 0.607. The number of fused-ring (bicyclic) bond motifs is 2. The number of nitrogens with one attached hydrogen (secondary N) is 1. The Bertz CT molecular complexity index is 1800. The summed E-state index contributed by atoms with van der Waals surface area (Å²) in [4.78, 5) is 24.5. The van der Waals surface area contributed by atoms with Crippen LogP contribution < -0.4 is 5.56 Å². The molecule has 0 saturated heterocycles. The van der Waals surface area contributed by atoms with Crippen LogP contribution in [0.15, 0.2) is 88.9 Å². The van der Waals surface area contributed by atoms with E-state index in [9.17, 15) is 13.2 Å². The number of benzene rings is 3. The standard InChI is InChI=1S/C29H27N3O3S2/c1-4-29(2,37(3,34)35)22-16-21-11-8-14-30-26(21)24(17-22)20-10-7-9-19(15-20)18-36-28-31-25-13-6-5-12-23(25)27(33)32-28/h5-17H,4,18H2,1-3H3,(H,31,32,33). The second-order valence-electron chi connectivity index (χ2n) is 9.33. The summed E-state index contributed by atoms with van der Waals surface area (Å²) in [7, 11) is -3.36. The third-order valence-electron chi connectivity index (χ3n) is 7.01. The van der Waals surface area contributed by atoms with Gasteiger partial charge in [-0.3, -0.25) is 9.78 Å². The van der Waals surface area contributed by atoms with E-state index in [0.717, 1.165) is 33.2 Å². The Morgan fingerprint density at radius 2 is 1.81 bits per heavy atom. The molecule has 188 valence electrons. The van der Waals surface area contributed by atoms with Crippen molar-refractivity contribution in [2.24, 2.45) is 0 Å². The molecule has 0 aliphatic rings. The summed E-state index contributed by atoms with van der Waals surface area (Å²) in [6.07, 6.45) is 3.51. The minimum Gasteiger partial charge on any atom is -0.301 e. The van der Waals surface area contributed by atoms with Crippen molar-refractivity contribution >= 4 is 43.4 Å². The molecule has 5 rings (SSSR count). The average Bonchev–Trinajstić information content (AvgIpc) is 2.90. The number of hydrogen-bond donors (Lipinski definition) is 1. The van der Waals surface area contributed by atoms with Gasteiger partial charge in [0.15, 0.2) is 15.0 Å². The maximum atomic E-state index is 12.8. The van der Waals surface area contributed by atoms with E-state index in [-0.39, 0.29) is 5.56 Å². The third kappa shape index (κ3) is 4.79. The number of thioether (sulfide) groups is 1. The highest BCUT2D eigenvalue weighted by Gasteiger charge is 2.36. The molecule has 0 aliphatic heterocycles. The number of sulfone groups is 1. The molecule has 1 atom stereocenters. The fourth-order valence-electron chi connectivity index (χ4n) is 4.51. The van der Waals surface area contributed by atoms with E-state index in [4.69, 9.17) is 0 Å². The highest BCUT2D eigenvalue weighted by Crippen LogP contribution is 2.39. The van der Waals surface area contributed by atoms with Crippen LogP contribution in [0.4, 0.5) is 0 Å². The van der Waals surface area contributed by atoms with E-state index in [0.29, 0.717) is 28.2 Å². The quantitative estimate of drug-likeness (QED) is 0.202. The Kier molecular flexibility index (Phi) is 6.64. The summed E-state index contributed by atoms with van der Waals surface area (Å²) < 4.78 is 24.6. The van der Waals surface area contributed by atoms with Crippen LogP contribution in [-0.4, -0.2) is 29.6 Å². The molecular formula is C29H27N3O3S2. The van der Waals surface area contributed by atoms with Crippen LogP contribution in [0, 0.1) is 0 Å². The zero-order chi connectivity index (χ0) is 26.2. The van der Waals surface area contributed by atoms with Gasteiger partial charge >= 0.3 is 0 Å². The Hall–Kier alpha value is -3.49. The van der Waals surface area contributed by atoms with Crippen LogP contribution in [0.1, 0.15) is 31.4 Å². The number of pyridine rings is 1. The number of nitrogens with zero attached hydrogens (tertiary/aromatic N) is 2. The topological polar surface area (TPSA) is 92.8 Å². The Morgan fingerprint density at radius 3 is 2.59 bits per heavy atom. The lowest BCUT2D eigenvalue weighted by molar-refractivity contribution is 0.536. The highest BCUT2D eigenvalue weighted by atomic mass is 32.2. The second kappa shape index (κ2) is 9.76. The third-order valence-corrected chi connectivity index (χ3v) is 10.1. The molecule has 0 saturated carbocycles. The molecule has 1 unspecified atom stereocenters. The normalized spacial score (nSPS) is 13.6. The van der Waals surface area contributed by atoms with Gasteiger partial charge in [-0.05, 0) is 60.4 Å². The summed E-state index contributed by atoms with van der Waals surface area (Å²) in [6.45, 7) is 3.69. The molecule has 0 amide bonds. The van der Waals surface area contributed by atoms with Crippen molar-refractivity contribution in [3.8, 4) is 11.1 Å². The van der Waals surface area contributed by atoms with Crippen molar-refractivity contribution in [1.29, 1.82) is 0 Å². The van der Waals surface area contributed by atoms with Gasteiger partial charge in [-0.2, -0.15) is 0 Å². The SMILES string of the molecule is CCC(C)(c1cc(-c2cccc(CSc3nc4ccccc4c(=O)[nH]3)c2)c2ncccc2c1)S(C)(=O)=O. The number of H-pyrrole nitrogens is 1. The summed E-state index contributed by atoms with van der Waals surface area (Å²) in [5.41, 5.74) is 4.99. The van der Waals surface area contributed by atoms with Gasteiger partial charge in [0.05, 0.1) is 21.2 Å². The first-order chi connectivity index (χ1) is 17.7. The highest BCUT2D eigenvalue weighted by molar-refractivity contribution is 7.98. The Morgan fingerprint density at radius 1 is 1.00 bits per heavy atom. The van der Waals surface area contributed by atoms with E-state index in [1.165, 1.54) is 18.0 Å². The fourth-order valence-corrected chi connectivity index (χ4v) is 6.39. The van der Waals surface area contributed by atoms with Gasteiger partial charge in [0.25, 0.3) is 5.56 Å². The Balaban J connectivity index is 1.54. The zero-order valence-electron chi connectivity index (χ0n) is 20.9. The first kappa shape index (κ1) is 25.2. The van der Waals surface area contributed by atoms with Gasteiger partial charge < -0.3 is 4.98 Å². The molecule has 0 radical (unpaired) electrons. The van der Waals surface area contributed by atoms with Crippen LogP contribution in [0.3, 0.4) is 0 Å². The molecular weight excluding hydrogens is 502 g/mol. The maximum absolute atomic E-state index is 12.8. The predicted molar refractivity (Wildman–Crippen MR) is 152 cm³/mol. The molecule has 2 heterocycles. The first-order valence-electron chi connectivity index (χ1n) is 12.0. The van der Waals surface area contributed by atoms with E-state index in [1.54, 1.807) is 19.2 Å². The lowest BCUT2D eigenvalue weighted by Gasteiger charge is -2.28. The first-order valence-corrected chi connectivity index (χ1v) is 14.9. The van der Waals surface area contributed by atoms with Gasteiger partial charge in [0, 0.05) is 29.2 Å². The predicted octanol–water partition coefficient (Wildman–Crippen LogP) is 6.10. The number of para-hydroxylation sites is 1. The van der Waals surface area contributed by atoms with Gasteiger partial charge in [-0.25, -0.2) is 13.4 Å². The number of aromatic amines is 1. The lowest BCUT2D eigenvalue weighted by Crippen LogP contribution is -2.31. The molecule has 37 heavy (non-hydrogen) atoms. The molecule has 0 aliphatic carbocycles. The zero-order valence-corrected chi connectivity index (χ0v) is 22.5. The van der Waals surface area contributed by atoms with Gasteiger partial charge in [-0.15, -0.1) is 0 Å². The maximum Gasteiger partial charge on any atom is 0.259 e. The van der Waals surface area contributed by atoms with Crippen LogP contribution in [-0.2, 0) is 20.3 Å². The van der Waals surface area contributed by atoms with E-state index in [1.807, 2.05) is 67.6 Å². The van der Waals surface area contributed by atoms with Crippen molar-refractivity contribution in [2.45, 2.75) is 35.9 Å². The van der Waals surface area contributed by atoms with Crippen molar-refractivity contribution < 1.29 is 8.42 Å². The lowest BCUT2D eigenvalue weighted by atomic mass is 9.91. The van der Waals surface area contributed by atoms with Crippen LogP contribution >= 0.6 is 11.8 Å². The smallest absolute Gasteiger partial charge is 0.259 e. The largest absolute Gasteiger partial charge is 0.301 e. The van der Waals surface area contributed by atoms with Crippen molar-refractivity contribution in [1.82, 2.24) is 15.0 Å². The molecule has 0 fully saturated rings. The summed E-state index contributed by atoms with van der Waals surface area (Å²) >= 11 is 1.46. The number of rotatable bonds is 7. The van der Waals surface area contributed by atoms with E-state index in [2.05, 4.69) is 21.0 Å². The molecule has 5 aromatic rings. The number of hydrogen-bond acceptors (Lipinski definition) is 6. The monoisotopic (exact) mass is 529 g/mol. The number of aromatic nitrogens is 3. The molecule has 0 spiro atoms. The van der Waals surface area contributed by atoms with Gasteiger partial charge in [-0.1, -0.05) is 61.2 Å². The van der Waals surface area contributed by atoms with Crippen LogP contribution in [0.5, 0.6) is 0 Å². The van der Waals surface area contributed by atoms with Crippen molar-refractivity contribution in [3.63, 3.8) is 0 Å². The molecule has 3 aromatic carbocycles. The molecule has 8 heteroatoms. The molecule has 1 N–H and O–H groups in total. The minimum atomic E-state index is -3.36. The van der Waals surface area contributed by atoms with Crippen LogP contribution in [0.2, 0.25) is 0 Å². The molecule has 0 bridgehead atoms. The van der Waals surface area contributed by atoms with Gasteiger partial charge in [0.2, 0.25) is 0 Å². The summed E-state index contributed by atoms with van der Waals surface area (Å²) in [6, 6.07) is 23.1. The fraction of sp³-hybridized carbons (Fsp3) is 0.207. The second-order valence-corrected chi connectivity index (χ2v) is 12.7. The van der Waals surface area contributed by atoms with Gasteiger partial charge in [0.1, 0.15) is 0 Å². The average molecular weight is 530 g/mol. The Labute approximate surface area is 220 Å².